The zero-order valence-electron chi connectivity index (χ0n) is 7.37. The quantitative estimate of drug-likeness (QED) is 0.699. The van der Waals surface area contributed by atoms with Crippen molar-refractivity contribution < 1.29 is 9.84 Å². The highest BCUT2D eigenvalue weighted by Crippen LogP contribution is 2.10. The Kier molecular flexibility index (Phi) is 2.83. The Labute approximate surface area is 71.6 Å². The topological polar surface area (TPSA) is 58.1 Å². The summed E-state index contributed by atoms with van der Waals surface area (Å²) in [5, 5.41) is 15.5. The Hall–Kier alpha value is -0.870. The van der Waals surface area contributed by atoms with Crippen LogP contribution in [0.4, 0.5) is 0 Å². The molecule has 68 valence electrons. The molecule has 0 spiro atoms. The molecule has 0 aromatic carbocycles. The number of H-pyrrole nitrogens is 1. The third-order valence-corrected chi connectivity index (χ3v) is 1.55. The normalized spacial score (nSPS) is 11.9. The number of hydrogen-bond donors (Lipinski definition) is 2. The van der Waals surface area contributed by atoms with Crippen LogP contribution in [0.5, 0.6) is 0 Å². The zero-order valence-corrected chi connectivity index (χ0v) is 7.37. The van der Waals surface area contributed by atoms with Gasteiger partial charge in [-0.1, -0.05) is 0 Å². The Balaban J connectivity index is 2.36. The third-order valence-electron chi connectivity index (χ3n) is 1.55. The number of aliphatic hydroxyl groups is 1. The molecule has 4 nitrogen and oxygen atoms in total. The van der Waals surface area contributed by atoms with Gasteiger partial charge in [-0.25, -0.2) is 0 Å². The lowest BCUT2D eigenvalue weighted by atomic mass is 10.1. The van der Waals surface area contributed by atoms with Crippen LogP contribution >= 0.6 is 0 Å². The Morgan fingerprint density at radius 2 is 2.42 bits per heavy atom. The van der Waals surface area contributed by atoms with Gasteiger partial charge in [-0.2, -0.15) is 5.10 Å². The summed E-state index contributed by atoms with van der Waals surface area (Å²) in [5.41, 5.74) is 0.357. The molecule has 0 atom stereocenters. The summed E-state index contributed by atoms with van der Waals surface area (Å²) < 4.78 is 5.39. The maximum absolute atomic E-state index is 8.87. The first-order chi connectivity index (χ1) is 5.64. The smallest absolute Gasteiger partial charge is 0.0914 e. The minimum absolute atomic E-state index is 0.0113. The average Bonchev–Trinajstić information content (AvgIpc) is 2.53. The fraction of sp³-hybridized carbons (Fsp3) is 0.625. The van der Waals surface area contributed by atoms with Gasteiger partial charge in [0.1, 0.15) is 0 Å². The molecule has 4 heteroatoms. The number of rotatable bonds is 4. The summed E-state index contributed by atoms with van der Waals surface area (Å²) in [5.74, 6) is 0. The van der Waals surface area contributed by atoms with E-state index >= 15 is 0 Å². The molecular formula is C8H14N2O2. The first-order valence-electron chi connectivity index (χ1n) is 3.87. The van der Waals surface area contributed by atoms with Crippen LogP contribution in [0.2, 0.25) is 0 Å². The minimum atomic E-state index is -0.487. The number of ether oxygens (including phenoxy) is 1. The van der Waals surface area contributed by atoms with E-state index in [2.05, 4.69) is 10.2 Å². The van der Waals surface area contributed by atoms with Crippen molar-refractivity contribution in [3.63, 3.8) is 0 Å². The predicted molar refractivity (Wildman–Crippen MR) is 44.5 cm³/mol. The monoisotopic (exact) mass is 170 g/mol. The number of nitrogens with one attached hydrogen (secondary N) is 1. The van der Waals surface area contributed by atoms with E-state index in [-0.39, 0.29) is 6.61 Å². The molecule has 0 aliphatic carbocycles. The summed E-state index contributed by atoms with van der Waals surface area (Å²) in [7, 11) is 0. The van der Waals surface area contributed by atoms with Crippen LogP contribution in [0, 0.1) is 0 Å². The van der Waals surface area contributed by atoms with Gasteiger partial charge >= 0.3 is 0 Å². The van der Waals surface area contributed by atoms with Crippen LogP contribution in [-0.2, 0) is 11.3 Å². The van der Waals surface area contributed by atoms with E-state index in [4.69, 9.17) is 9.84 Å². The van der Waals surface area contributed by atoms with Crippen molar-refractivity contribution in [1.82, 2.24) is 10.2 Å². The van der Waals surface area contributed by atoms with Crippen molar-refractivity contribution in [2.75, 3.05) is 6.61 Å². The molecule has 0 bridgehead atoms. The standard InChI is InChI=1S/C8H14N2O2/c1-8(2,6-11)12-5-7-3-4-9-10-7/h3-4,11H,5-6H2,1-2H3,(H,9,10). The second-order valence-corrected chi connectivity index (χ2v) is 3.27. The van der Waals surface area contributed by atoms with Crippen LogP contribution in [0.1, 0.15) is 19.5 Å². The molecule has 2 N–H and O–H groups in total. The lowest BCUT2D eigenvalue weighted by Crippen LogP contribution is -2.28. The number of hydrogen-bond acceptors (Lipinski definition) is 3. The average molecular weight is 170 g/mol. The first kappa shape index (κ1) is 9.22. The van der Waals surface area contributed by atoms with Crippen molar-refractivity contribution in [2.24, 2.45) is 0 Å². The van der Waals surface area contributed by atoms with Crippen LogP contribution in [0.25, 0.3) is 0 Å². The third kappa shape index (κ3) is 2.64. The lowest BCUT2D eigenvalue weighted by Gasteiger charge is -2.21. The minimum Gasteiger partial charge on any atom is -0.393 e. The van der Waals surface area contributed by atoms with E-state index < -0.39 is 5.60 Å². The van der Waals surface area contributed by atoms with Crippen molar-refractivity contribution in [3.05, 3.63) is 18.0 Å². The van der Waals surface area contributed by atoms with E-state index in [1.165, 1.54) is 0 Å². The van der Waals surface area contributed by atoms with E-state index in [1.54, 1.807) is 6.20 Å². The largest absolute Gasteiger partial charge is 0.393 e. The molecule has 1 heterocycles. The van der Waals surface area contributed by atoms with E-state index in [1.807, 2.05) is 19.9 Å². The molecule has 1 rings (SSSR count). The molecule has 0 fully saturated rings. The summed E-state index contributed by atoms with van der Waals surface area (Å²) in [6, 6.07) is 1.84. The van der Waals surface area contributed by atoms with Gasteiger partial charge < -0.3 is 9.84 Å². The van der Waals surface area contributed by atoms with Crippen LogP contribution in [-0.4, -0.2) is 27.5 Å². The molecule has 12 heavy (non-hydrogen) atoms. The number of aromatic amines is 1. The van der Waals surface area contributed by atoms with Gasteiger partial charge in [0.2, 0.25) is 0 Å². The van der Waals surface area contributed by atoms with E-state index in [0.717, 1.165) is 5.69 Å². The Morgan fingerprint density at radius 1 is 1.67 bits per heavy atom. The van der Waals surface area contributed by atoms with Crippen molar-refractivity contribution in [3.8, 4) is 0 Å². The van der Waals surface area contributed by atoms with Gasteiger partial charge in [0, 0.05) is 6.20 Å². The zero-order chi connectivity index (χ0) is 9.03. The molecule has 1 aromatic heterocycles. The maximum Gasteiger partial charge on any atom is 0.0914 e. The maximum atomic E-state index is 8.87. The Bertz CT molecular complexity index is 219. The fourth-order valence-electron chi connectivity index (χ4n) is 0.686. The molecular weight excluding hydrogens is 156 g/mol. The molecule has 0 saturated heterocycles. The number of aromatic nitrogens is 2. The number of nitrogens with zero attached hydrogens (tertiary/aromatic N) is 1. The van der Waals surface area contributed by atoms with Crippen molar-refractivity contribution in [1.29, 1.82) is 0 Å². The fourth-order valence-corrected chi connectivity index (χ4v) is 0.686. The highest BCUT2D eigenvalue weighted by atomic mass is 16.5. The van der Waals surface area contributed by atoms with Crippen molar-refractivity contribution >= 4 is 0 Å². The summed E-state index contributed by atoms with van der Waals surface area (Å²) in [4.78, 5) is 0. The highest BCUT2D eigenvalue weighted by Gasteiger charge is 2.16. The molecule has 1 aromatic rings. The molecule has 0 radical (unpaired) electrons. The second kappa shape index (κ2) is 3.69. The Morgan fingerprint density at radius 3 is 2.92 bits per heavy atom. The molecule has 0 amide bonds. The summed E-state index contributed by atoms with van der Waals surface area (Å²) >= 11 is 0. The van der Waals surface area contributed by atoms with Crippen LogP contribution in [0.3, 0.4) is 0 Å². The second-order valence-electron chi connectivity index (χ2n) is 3.27. The first-order valence-corrected chi connectivity index (χ1v) is 3.87. The van der Waals surface area contributed by atoms with E-state index in [0.29, 0.717) is 6.61 Å². The van der Waals surface area contributed by atoms with Crippen molar-refractivity contribution in [2.45, 2.75) is 26.1 Å². The predicted octanol–water partition coefficient (Wildman–Crippen LogP) is 0.697. The van der Waals surface area contributed by atoms with Crippen LogP contribution < -0.4 is 0 Å². The van der Waals surface area contributed by atoms with Gasteiger partial charge in [0.15, 0.2) is 0 Å². The van der Waals surface area contributed by atoms with Crippen LogP contribution in [0.15, 0.2) is 12.3 Å². The van der Waals surface area contributed by atoms with E-state index in [9.17, 15) is 0 Å². The number of aliphatic hydroxyl groups excluding tert-OH is 1. The lowest BCUT2D eigenvalue weighted by molar-refractivity contribution is -0.0644. The van der Waals surface area contributed by atoms with Gasteiger partial charge in [0.05, 0.1) is 24.5 Å². The summed E-state index contributed by atoms with van der Waals surface area (Å²) in [6.45, 7) is 4.10. The molecule has 0 aliphatic heterocycles. The molecule has 0 aliphatic rings. The SMILES string of the molecule is CC(C)(CO)OCc1cc[nH]n1. The highest BCUT2D eigenvalue weighted by molar-refractivity contribution is 4.95. The van der Waals surface area contributed by atoms with Gasteiger partial charge in [0.25, 0.3) is 0 Å². The molecule has 0 unspecified atom stereocenters. The van der Waals surface area contributed by atoms with Gasteiger partial charge in [-0.3, -0.25) is 5.10 Å². The van der Waals surface area contributed by atoms with Gasteiger partial charge in [-0.15, -0.1) is 0 Å². The molecule has 0 saturated carbocycles. The summed E-state index contributed by atoms with van der Waals surface area (Å²) in [6.07, 6.45) is 1.74. The van der Waals surface area contributed by atoms with Gasteiger partial charge in [-0.05, 0) is 19.9 Å².